The van der Waals surface area contributed by atoms with Crippen molar-refractivity contribution in [3.05, 3.63) is 0 Å². The number of ether oxygens (including phenoxy) is 3. The van der Waals surface area contributed by atoms with Crippen molar-refractivity contribution in [2.75, 3.05) is 6.61 Å². The Bertz CT molecular complexity index is 306. The number of fused-ring (bicyclic) bond motifs is 1. The summed E-state index contributed by atoms with van der Waals surface area (Å²) in [4.78, 5) is 11.3. The predicted molar refractivity (Wildman–Crippen MR) is 58.4 cm³/mol. The number of rotatable bonds is 2. The van der Waals surface area contributed by atoms with Gasteiger partial charge in [0.25, 0.3) is 0 Å². The Morgan fingerprint density at radius 2 is 2.12 bits per heavy atom. The van der Waals surface area contributed by atoms with Crippen LogP contribution in [0.5, 0.6) is 0 Å². The normalized spacial score (nSPS) is 38.8. The lowest BCUT2D eigenvalue weighted by molar-refractivity contribution is -0.163. The zero-order chi connectivity index (χ0) is 12.6. The SMILES string of the molecule is CCOC(=O)N[C@@H]1C[C@H](O)[C@H]2OC(C)(C)O[C@H]21. The van der Waals surface area contributed by atoms with E-state index in [1.54, 1.807) is 20.8 Å². The third-order valence-electron chi connectivity index (χ3n) is 3.01. The Hall–Kier alpha value is -0.850. The monoisotopic (exact) mass is 245 g/mol. The molecule has 0 spiro atoms. The molecule has 1 aliphatic heterocycles. The van der Waals surface area contributed by atoms with Gasteiger partial charge in [-0.15, -0.1) is 0 Å². The first-order chi connectivity index (χ1) is 7.93. The van der Waals surface area contributed by atoms with Gasteiger partial charge in [-0.25, -0.2) is 4.79 Å². The van der Waals surface area contributed by atoms with Crippen LogP contribution in [0.15, 0.2) is 0 Å². The molecule has 0 bridgehead atoms. The zero-order valence-electron chi connectivity index (χ0n) is 10.3. The van der Waals surface area contributed by atoms with E-state index in [-0.39, 0.29) is 18.2 Å². The molecule has 0 aromatic carbocycles. The fourth-order valence-corrected chi connectivity index (χ4v) is 2.42. The van der Waals surface area contributed by atoms with Crippen molar-refractivity contribution in [2.45, 2.75) is 57.3 Å². The van der Waals surface area contributed by atoms with E-state index in [1.165, 1.54) is 0 Å². The summed E-state index contributed by atoms with van der Waals surface area (Å²) in [6.45, 7) is 5.64. The number of amides is 1. The molecule has 4 atom stereocenters. The minimum Gasteiger partial charge on any atom is -0.450 e. The molecule has 6 nitrogen and oxygen atoms in total. The standard InChI is InChI=1S/C11H19NO5/c1-4-15-10(14)12-6-5-7(13)9-8(6)16-11(2,3)17-9/h6-9,13H,4-5H2,1-3H3,(H,12,14)/t6-,7+,8+,9-/m1/s1. The maximum atomic E-state index is 11.3. The van der Waals surface area contributed by atoms with E-state index < -0.39 is 18.0 Å². The summed E-state index contributed by atoms with van der Waals surface area (Å²) in [6.07, 6.45) is -1.38. The molecule has 0 radical (unpaired) electrons. The van der Waals surface area contributed by atoms with E-state index in [9.17, 15) is 9.90 Å². The number of aliphatic hydroxyl groups is 1. The highest BCUT2D eigenvalue weighted by Crippen LogP contribution is 2.38. The number of carbonyl (C=O) groups is 1. The van der Waals surface area contributed by atoms with Crippen LogP contribution in [0.25, 0.3) is 0 Å². The highest BCUT2D eigenvalue weighted by atomic mass is 16.8. The molecule has 2 aliphatic rings. The van der Waals surface area contributed by atoms with Gasteiger partial charge in [-0.3, -0.25) is 0 Å². The van der Waals surface area contributed by atoms with Crippen molar-refractivity contribution in [1.82, 2.24) is 5.32 Å². The van der Waals surface area contributed by atoms with Crippen LogP contribution in [0.2, 0.25) is 0 Å². The summed E-state index contributed by atoms with van der Waals surface area (Å²) in [5.74, 6) is -0.717. The van der Waals surface area contributed by atoms with Crippen LogP contribution in [0.1, 0.15) is 27.2 Å². The highest BCUT2D eigenvalue weighted by Gasteiger charge is 2.54. The Labute approximate surface area is 100 Å². The molecule has 6 heteroatoms. The Balaban J connectivity index is 1.99. The molecule has 1 aliphatic carbocycles. The number of alkyl carbamates (subject to hydrolysis) is 1. The minimum absolute atomic E-state index is 0.268. The van der Waals surface area contributed by atoms with Gasteiger partial charge in [-0.2, -0.15) is 0 Å². The average molecular weight is 245 g/mol. The lowest BCUT2D eigenvalue weighted by Gasteiger charge is -2.22. The van der Waals surface area contributed by atoms with Gasteiger partial charge in [0.1, 0.15) is 12.2 Å². The second kappa shape index (κ2) is 4.44. The van der Waals surface area contributed by atoms with E-state index in [4.69, 9.17) is 14.2 Å². The van der Waals surface area contributed by atoms with Gasteiger partial charge in [0, 0.05) is 0 Å². The van der Waals surface area contributed by atoms with Crippen LogP contribution in [-0.4, -0.2) is 47.9 Å². The van der Waals surface area contributed by atoms with E-state index in [0.717, 1.165) is 0 Å². The number of hydrogen-bond donors (Lipinski definition) is 2. The van der Waals surface area contributed by atoms with Crippen molar-refractivity contribution in [3.63, 3.8) is 0 Å². The summed E-state index contributed by atoms with van der Waals surface area (Å²) in [7, 11) is 0. The fraction of sp³-hybridized carbons (Fsp3) is 0.909. The van der Waals surface area contributed by atoms with Gasteiger partial charge in [-0.05, 0) is 27.2 Å². The number of aliphatic hydroxyl groups excluding tert-OH is 1. The van der Waals surface area contributed by atoms with Gasteiger partial charge in [0.15, 0.2) is 5.79 Å². The third-order valence-corrected chi connectivity index (χ3v) is 3.01. The van der Waals surface area contributed by atoms with E-state index in [1.807, 2.05) is 0 Å². The summed E-state index contributed by atoms with van der Waals surface area (Å²) >= 11 is 0. The lowest BCUT2D eigenvalue weighted by atomic mass is 10.2. The van der Waals surface area contributed by atoms with Crippen molar-refractivity contribution >= 4 is 6.09 Å². The van der Waals surface area contributed by atoms with Gasteiger partial charge in [0.05, 0.1) is 18.8 Å². The first kappa shape index (κ1) is 12.6. The average Bonchev–Trinajstić information content (AvgIpc) is 2.65. The molecule has 1 saturated carbocycles. The second-order valence-electron chi connectivity index (χ2n) is 4.84. The molecule has 2 fully saturated rings. The van der Waals surface area contributed by atoms with Crippen LogP contribution in [0.4, 0.5) is 4.79 Å². The molecule has 98 valence electrons. The summed E-state index contributed by atoms with van der Waals surface area (Å²) in [5.41, 5.74) is 0. The molecule has 0 unspecified atom stereocenters. The second-order valence-corrected chi connectivity index (χ2v) is 4.84. The first-order valence-corrected chi connectivity index (χ1v) is 5.90. The molecule has 1 saturated heterocycles. The van der Waals surface area contributed by atoms with Crippen LogP contribution in [0, 0.1) is 0 Å². The summed E-state index contributed by atoms with van der Waals surface area (Å²) in [5, 5.41) is 12.5. The van der Waals surface area contributed by atoms with Gasteiger partial charge >= 0.3 is 6.09 Å². The minimum atomic E-state index is -0.717. The molecule has 1 heterocycles. The van der Waals surface area contributed by atoms with Gasteiger partial charge in [-0.1, -0.05) is 0 Å². The molecular formula is C11H19NO5. The Kier molecular flexibility index (Phi) is 3.29. The number of carbonyl (C=O) groups excluding carboxylic acids is 1. The van der Waals surface area contributed by atoms with E-state index >= 15 is 0 Å². The first-order valence-electron chi connectivity index (χ1n) is 5.90. The number of nitrogens with one attached hydrogen (secondary N) is 1. The summed E-state index contributed by atoms with van der Waals surface area (Å²) < 4.78 is 16.1. The van der Waals surface area contributed by atoms with Crippen molar-refractivity contribution in [3.8, 4) is 0 Å². The molecule has 1 amide bonds. The van der Waals surface area contributed by atoms with Crippen molar-refractivity contribution < 1.29 is 24.1 Å². The van der Waals surface area contributed by atoms with Crippen molar-refractivity contribution in [1.29, 1.82) is 0 Å². The van der Waals surface area contributed by atoms with Crippen LogP contribution in [-0.2, 0) is 14.2 Å². The number of hydrogen-bond acceptors (Lipinski definition) is 5. The maximum Gasteiger partial charge on any atom is 0.407 e. The van der Waals surface area contributed by atoms with Crippen LogP contribution < -0.4 is 5.32 Å². The quantitative estimate of drug-likeness (QED) is 0.735. The molecule has 0 aromatic heterocycles. The molecule has 17 heavy (non-hydrogen) atoms. The summed E-state index contributed by atoms with van der Waals surface area (Å²) in [6, 6.07) is -0.268. The molecule has 2 rings (SSSR count). The van der Waals surface area contributed by atoms with Crippen molar-refractivity contribution in [2.24, 2.45) is 0 Å². The topological polar surface area (TPSA) is 77.0 Å². The van der Waals surface area contributed by atoms with E-state index in [0.29, 0.717) is 13.0 Å². The largest absolute Gasteiger partial charge is 0.450 e. The predicted octanol–water partition coefficient (Wildman–Crippen LogP) is 0.386. The zero-order valence-corrected chi connectivity index (χ0v) is 10.3. The highest BCUT2D eigenvalue weighted by molar-refractivity contribution is 5.67. The Morgan fingerprint density at radius 3 is 2.76 bits per heavy atom. The third kappa shape index (κ3) is 2.53. The maximum absolute atomic E-state index is 11.3. The van der Waals surface area contributed by atoms with Crippen LogP contribution >= 0.6 is 0 Å². The molecular weight excluding hydrogens is 226 g/mol. The molecule has 0 aromatic rings. The fourth-order valence-electron chi connectivity index (χ4n) is 2.42. The lowest BCUT2D eigenvalue weighted by Crippen LogP contribution is -2.43. The van der Waals surface area contributed by atoms with Crippen LogP contribution in [0.3, 0.4) is 0 Å². The van der Waals surface area contributed by atoms with Gasteiger partial charge in [0.2, 0.25) is 0 Å². The van der Waals surface area contributed by atoms with E-state index in [2.05, 4.69) is 5.32 Å². The smallest absolute Gasteiger partial charge is 0.407 e. The Morgan fingerprint density at radius 1 is 1.47 bits per heavy atom. The van der Waals surface area contributed by atoms with Gasteiger partial charge < -0.3 is 24.6 Å². The molecule has 2 N–H and O–H groups in total.